The second-order valence-corrected chi connectivity index (χ2v) is 5.16. The molecular formula is C15H22N2O2. The Hall–Kier alpha value is -1.55. The molecule has 104 valence electrons. The summed E-state index contributed by atoms with van der Waals surface area (Å²) >= 11 is 0. The molecule has 0 unspecified atom stereocenters. The Bertz CT molecular complexity index is 440. The molecule has 0 radical (unpaired) electrons. The highest BCUT2D eigenvalue weighted by atomic mass is 16.4. The number of hydrogen-bond acceptors (Lipinski definition) is 3. The van der Waals surface area contributed by atoms with Crippen LogP contribution in [0.5, 0.6) is 0 Å². The lowest BCUT2D eigenvalue weighted by molar-refractivity contribution is 0.0696. The van der Waals surface area contributed by atoms with E-state index in [1.165, 1.54) is 32.4 Å². The predicted molar refractivity (Wildman–Crippen MR) is 76.9 cm³/mol. The van der Waals surface area contributed by atoms with Gasteiger partial charge in [-0.2, -0.15) is 0 Å². The van der Waals surface area contributed by atoms with E-state index in [0.29, 0.717) is 5.56 Å². The van der Waals surface area contributed by atoms with E-state index in [1.54, 1.807) is 6.07 Å². The van der Waals surface area contributed by atoms with Crippen LogP contribution < -0.4 is 5.32 Å². The number of nitrogens with one attached hydrogen (secondary N) is 1. The molecule has 2 rings (SSSR count). The number of aryl methyl sites for hydroxylation is 1. The minimum atomic E-state index is -0.864. The third-order valence-corrected chi connectivity index (χ3v) is 3.66. The van der Waals surface area contributed by atoms with Gasteiger partial charge < -0.3 is 15.3 Å². The molecule has 0 aromatic heterocycles. The van der Waals surface area contributed by atoms with Crippen molar-refractivity contribution in [3.8, 4) is 0 Å². The summed E-state index contributed by atoms with van der Waals surface area (Å²) in [5.41, 5.74) is 2.18. The molecule has 4 nitrogen and oxygen atoms in total. The van der Waals surface area contributed by atoms with Gasteiger partial charge in [-0.1, -0.05) is 6.42 Å². The van der Waals surface area contributed by atoms with Gasteiger partial charge in [0.15, 0.2) is 0 Å². The van der Waals surface area contributed by atoms with Crippen molar-refractivity contribution in [2.24, 2.45) is 0 Å². The van der Waals surface area contributed by atoms with E-state index >= 15 is 0 Å². The molecule has 0 atom stereocenters. The minimum absolute atomic E-state index is 0.376. The van der Waals surface area contributed by atoms with E-state index in [2.05, 4.69) is 10.2 Å². The largest absolute Gasteiger partial charge is 0.478 e. The lowest BCUT2D eigenvalue weighted by atomic mass is 10.1. The van der Waals surface area contributed by atoms with Crippen molar-refractivity contribution in [1.29, 1.82) is 0 Å². The van der Waals surface area contributed by atoms with E-state index in [-0.39, 0.29) is 0 Å². The maximum atomic E-state index is 10.9. The van der Waals surface area contributed by atoms with Gasteiger partial charge in [-0.25, -0.2) is 4.79 Å². The summed E-state index contributed by atoms with van der Waals surface area (Å²) in [6, 6.07) is 5.41. The fraction of sp³-hybridized carbons (Fsp3) is 0.533. The molecule has 1 aliphatic rings. The predicted octanol–water partition coefficient (Wildman–Crippen LogP) is 2.59. The molecule has 1 aromatic carbocycles. The number of hydrogen-bond donors (Lipinski definition) is 2. The smallest absolute Gasteiger partial charge is 0.335 e. The van der Waals surface area contributed by atoms with Gasteiger partial charge in [0.05, 0.1) is 5.56 Å². The van der Waals surface area contributed by atoms with Crippen LogP contribution in [-0.4, -0.2) is 42.2 Å². The average molecular weight is 262 g/mol. The lowest BCUT2D eigenvalue weighted by Crippen LogP contribution is -2.33. The molecule has 0 spiro atoms. The number of anilines is 1. The maximum absolute atomic E-state index is 10.9. The summed E-state index contributed by atoms with van der Waals surface area (Å²) in [6.45, 7) is 6.21. The van der Waals surface area contributed by atoms with Crippen molar-refractivity contribution in [3.05, 3.63) is 29.3 Å². The Balaban J connectivity index is 1.82. The van der Waals surface area contributed by atoms with Gasteiger partial charge >= 0.3 is 5.97 Å². The molecule has 0 aliphatic carbocycles. The molecule has 1 heterocycles. The summed E-state index contributed by atoms with van der Waals surface area (Å²) < 4.78 is 0. The van der Waals surface area contributed by atoms with Gasteiger partial charge in [-0.05, 0) is 56.6 Å². The number of nitrogens with zero attached hydrogens (tertiary/aromatic N) is 1. The average Bonchev–Trinajstić information content (AvgIpc) is 2.39. The van der Waals surface area contributed by atoms with E-state index in [4.69, 9.17) is 5.11 Å². The molecule has 1 saturated heterocycles. The first kappa shape index (κ1) is 13.9. The van der Waals surface area contributed by atoms with Crippen molar-refractivity contribution in [2.75, 3.05) is 31.5 Å². The molecule has 4 heteroatoms. The summed E-state index contributed by atoms with van der Waals surface area (Å²) in [6.07, 6.45) is 3.98. The fourth-order valence-electron chi connectivity index (χ4n) is 2.55. The first-order chi connectivity index (χ1) is 9.16. The molecule has 1 aliphatic heterocycles. The van der Waals surface area contributed by atoms with Crippen LogP contribution in [0.1, 0.15) is 35.2 Å². The van der Waals surface area contributed by atoms with Crippen molar-refractivity contribution < 1.29 is 9.90 Å². The third-order valence-electron chi connectivity index (χ3n) is 3.66. The van der Waals surface area contributed by atoms with Crippen LogP contribution in [0.4, 0.5) is 5.69 Å². The summed E-state index contributed by atoms with van der Waals surface area (Å²) in [5, 5.41) is 12.3. The highest BCUT2D eigenvalue weighted by Crippen LogP contribution is 2.15. The van der Waals surface area contributed by atoms with Crippen LogP contribution in [0.3, 0.4) is 0 Å². The first-order valence-electron chi connectivity index (χ1n) is 6.97. The third kappa shape index (κ3) is 3.96. The number of benzene rings is 1. The van der Waals surface area contributed by atoms with E-state index < -0.39 is 5.97 Å². The minimum Gasteiger partial charge on any atom is -0.478 e. The van der Waals surface area contributed by atoms with Crippen molar-refractivity contribution in [3.63, 3.8) is 0 Å². The second-order valence-electron chi connectivity index (χ2n) is 5.16. The quantitative estimate of drug-likeness (QED) is 0.856. The maximum Gasteiger partial charge on any atom is 0.335 e. The van der Waals surface area contributed by atoms with E-state index in [9.17, 15) is 4.79 Å². The van der Waals surface area contributed by atoms with Crippen LogP contribution in [0, 0.1) is 6.92 Å². The van der Waals surface area contributed by atoms with E-state index in [1.807, 2.05) is 19.1 Å². The van der Waals surface area contributed by atoms with Gasteiger partial charge in [-0.15, -0.1) is 0 Å². The monoisotopic (exact) mass is 262 g/mol. The van der Waals surface area contributed by atoms with Crippen LogP contribution >= 0.6 is 0 Å². The highest BCUT2D eigenvalue weighted by molar-refractivity contribution is 5.89. The van der Waals surface area contributed by atoms with Crippen LogP contribution in [0.2, 0.25) is 0 Å². The number of rotatable bonds is 5. The molecule has 1 fully saturated rings. The molecule has 0 saturated carbocycles. The highest BCUT2D eigenvalue weighted by Gasteiger charge is 2.10. The Labute approximate surface area is 114 Å². The van der Waals surface area contributed by atoms with Gasteiger partial charge in [0.25, 0.3) is 0 Å². The van der Waals surface area contributed by atoms with Gasteiger partial charge in [0.1, 0.15) is 0 Å². The topological polar surface area (TPSA) is 52.6 Å². The normalized spacial score (nSPS) is 16.3. The number of likely N-dealkylation sites (tertiary alicyclic amines) is 1. The lowest BCUT2D eigenvalue weighted by Gasteiger charge is -2.26. The molecule has 2 N–H and O–H groups in total. The molecule has 19 heavy (non-hydrogen) atoms. The Morgan fingerprint density at radius 3 is 2.68 bits per heavy atom. The van der Waals surface area contributed by atoms with Gasteiger partial charge in [0, 0.05) is 18.8 Å². The fourth-order valence-corrected chi connectivity index (χ4v) is 2.55. The van der Waals surface area contributed by atoms with Crippen LogP contribution in [-0.2, 0) is 0 Å². The zero-order chi connectivity index (χ0) is 13.7. The number of piperidine rings is 1. The van der Waals surface area contributed by atoms with Crippen molar-refractivity contribution in [2.45, 2.75) is 26.2 Å². The Morgan fingerprint density at radius 2 is 2.05 bits per heavy atom. The van der Waals surface area contributed by atoms with Crippen molar-refractivity contribution >= 4 is 11.7 Å². The Morgan fingerprint density at radius 1 is 1.32 bits per heavy atom. The molecule has 0 bridgehead atoms. The van der Waals surface area contributed by atoms with Crippen LogP contribution in [0.25, 0.3) is 0 Å². The zero-order valence-corrected chi connectivity index (χ0v) is 11.5. The number of carboxylic acids is 1. The van der Waals surface area contributed by atoms with Gasteiger partial charge in [0.2, 0.25) is 0 Å². The summed E-state index contributed by atoms with van der Waals surface area (Å²) in [7, 11) is 0. The van der Waals surface area contributed by atoms with E-state index in [0.717, 1.165) is 24.3 Å². The second kappa shape index (κ2) is 6.57. The molecule has 0 amide bonds. The molecular weight excluding hydrogens is 240 g/mol. The number of aromatic carboxylic acids is 1. The van der Waals surface area contributed by atoms with Gasteiger partial charge in [-0.3, -0.25) is 0 Å². The number of carboxylic acid groups (broad SMARTS) is 1. The number of carbonyl (C=O) groups is 1. The molecule has 1 aromatic rings. The summed E-state index contributed by atoms with van der Waals surface area (Å²) in [4.78, 5) is 13.4. The summed E-state index contributed by atoms with van der Waals surface area (Å²) in [5.74, 6) is -0.864. The SMILES string of the molecule is Cc1cc(NCCN2CCCCC2)ccc1C(=O)O. The zero-order valence-electron chi connectivity index (χ0n) is 11.5. The van der Waals surface area contributed by atoms with Crippen molar-refractivity contribution in [1.82, 2.24) is 4.90 Å². The standard InChI is InChI=1S/C15H22N2O2/c1-12-11-13(5-6-14(12)15(18)19)16-7-10-17-8-3-2-4-9-17/h5-6,11,16H,2-4,7-10H2,1H3,(H,18,19). The van der Waals surface area contributed by atoms with Crippen LogP contribution in [0.15, 0.2) is 18.2 Å². The first-order valence-corrected chi connectivity index (χ1v) is 6.97. The Kier molecular flexibility index (Phi) is 4.80.